The molecular formula is C65H48N2O. The lowest BCUT2D eigenvalue weighted by atomic mass is 9.55. The largest absolute Gasteiger partial charge is 0.453 e. The number of nitrogens with zero attached hydrogens (tertiary/aromatic N) is 2. The minimum atomic E-state index is -0.638. The third-order valence-electron chi connectivity index (χ3n) is 15.9. The van der Waals surface area contributed by atoms with Gasteiger partial charge in [-0.05, 0) is 139 Å². The summed E-state index contributed by atoms with van der Waals surface area (Å²) >= 11 is 0. The van der Waals surface area contributed by atoms with Gasteiger partial charge >= 0.3 is 0 Å². The van der Waals surface area contributed by atoms with E-state index in [9.17, 15) is 0 Å². The van der Waals surface area contributed by atoms with Crippen molar-refractivity contribution in [1.29, 1.82) is 0 Å². The standard InChI is InChI=1S/C65H48N2O/c1-63(2)49-22-9-7-20-46(49)47-36-34-44(39-55(47)63)66(43-33-32-41-18-5-6-19-42(41)38-43)45-35-37-52-56(40-45)65(53-25-12-11-24-51(53)64(52,3)4)50-23-10-8-21-48(50)62-54(65)26-17-29-59(62)67-57-27-13-15-30-60(57)68-61-31-16-14-28-58(61)67/h5-40H,1-4H3. The molecule has 3 nitrogen and oxygen atoms in total. The molecule has 1 atom stereocenters. The summed E-state index contributed by atoms with van der Waals surface area (Å²) in [7, 11) is 0. The summed E-state index contributed by atoms with van der Waals surface area (Å²) in [5, 5.41) is 2.44. The maximum atomic E-state index is 6.58. The van der Waals surface area contributed by atoms with Crippen molar-refractivity contribution in [2.45, 2.75) is 43.9 Å². The highest BCUT2D eigenvalue weighted by Crippen LogP contribution is 2.65. The van der Waals surface area contributed by atoms with Crippen LogP contribution in [-0.4, -0.2) is 0 Å². The first kappa shape index (κ1) is 39.1. The SMILES string of the molecule is CC1(C)c2ccccc2-c2ccc(N(c3ccc4c(c3)C3(c5ccccc5-c5c(N6c7ccccc7Oc7ccccc76)cccc53)c3ccccc3C4(C)C)c3ccc4ccccc4c3)cc21. The molecule has 10 aromatic carbocycles. The predicted molar refractivity (Wildman–Crippen MR) is 280 cm³/mol. The van der Waals surface area contributed by atoms with Gasteiger partial charge in [-0.3, -0.25) is 0 Å². The summed E-state index contributed by atoms with van der Waals surface area (Å²) in [6.07, 6.45) is 0. The topological polar surface area (TPSA) is 15.7 Å². The van der Waals surface area contributed by atoms with Crippen LogP contribution in [0.25, 0.3) is 33.0 Å². The van der Waals surface area contributed by atoms with Crippen molar-refractivity contribution in [3.05, 3.63) is 263 Å². The number of rotatable bonds is 4. The summed E-state index contributed by atoms with van der Waals surface area (Å²) < 4.78 is 6.58. The Labute approximate surface area is 398 Å². The Balaban J connectivity index is 1.05. The molecule has 10 aromatic rings. The van der Waals surface area contributed by atoms with Gasteiger partial charge in [0.1, 0.15) is 0 Å². The van der Waals surface area contributed by atoms with Crippen LogP contribution in [-0.2, 0) is 16.2 Å². The Morgan fingerprint density at radius 2 is 0.838 bits per heavy atom. The molecule has 1 heterocycles. The van der Waals surface area contributed by atoms with Crippen LogP contribution in [0.3, 0.4) is 0 Å². The molecule has 0 saturated heterocycles. The fraction of sp³-hybridized carbons (Fsp3) is 0.108. The molecule has 3 heteroatoms. The van der Waals surface area contributed by atoms with E-state index in [-0.39, 0.29) is 10.8 Å². The van der Waals surface area contributed by atoms with Gasteiger partial charge in [0.05, 0.1) is 22.5 Å². The molecule has 0 bridgehead atoms. The van der Waals surface area contributed by atoms with E-state index in [1.54, 1.807) is 0 Å². The molecule has 14 rings (SSSR count). The fourth-order valence-electron chi connectivity index (χ4n) is 12.8. The van der Waals surface area contributed by atoms with Crippen LogP contribution >= 0.6 is 0 Å². The van der Waals surface area contributed by atoms with E-state index in [4.69, 9.17) is 4.74 Å². The number of hydrogen-bond donors (Lipinski definition) is 0. The van der Waals surface area contributed by atoms with Crippen molar-refractivity contribution in [3.8, 4) is 33.8 Å². The van der Waals surface area contributed by atoms with Gasteiger partial charge in [0.25, 0.3) is 0 Å². The first-order valence-electron chi connectivity index (χ1n) is 23.9. The summed E-state index contributed by atoms with van der Waals surface area (Å²) in [5.41, 5.74) is 21.3. The minimum absolute atomic E-state index is 0.152. The average molecular weight is 873 g/mol. The quantitative estimate of drug-likeness (QED) is 0.175. The summed E-state index contributed by atoms with van der Waals surface area (Å²) in [5.74, 6) is 1.69. The zero-order chi connectivity index (χ0) is 45.5. The number of anilines is 6. The second kappa shape index (κ2) is 13.9. The molecule has 0 aromatic heterocycles. The molecule has 0 amide bonds. The fourth-order valence-corrected chi connectivity index (χ4v) is 12.8. The van der Waals surface area contributed by atoms with Gasteiger partial charge in [0.15, 0.2) is 11.5 Å². The van der Waals surface area contributed by atoms with Gasteiger partial charge in [-0.2, -0.15) is 0 Å². The Bertz CT molecular complexity index is 3720. The lowest BCUT2D eigenvalue weighted by Crippen LogP contribution is -2.40. The average Bonchev–Trinajstić information content (AvgIpc) is 3.80. The van der Waals surface area contributed by atoms with Gasteiger partial charge in [-0.15, -0.1) is 0 Å². The molecule has 1 unspecified atom stereocenters. The molecule has 0 saturated carbocycles. The maximum absolute atomic E-state index is 6.58. The maximum Gasteiger partial charge on any atom is 0.151 e. The molecule has 1 aliphatic heterocycles. The summed E-state index contributed by atoms with van der Waals surface area (Å²) in [6.45, 7) is 9.58. The zero-order valence-corrected chi connectivity index (χ0v) is 38.6. The van der Waals surface area contributed by atoms with Crippen molar-refractivity contribution in [3.63, 3.8) is 0 Å². The molecule has 0 N–H and O–H groups in total. The van der Waals surface area contributed by atoms with Crippen LogP contribution in [0.15, 0.2) is 218 Å². The smallest absolute Gasteiger partial charge is 0.151 e. The van der Waals surface area contributed by atoms with Crippen LogP contribution in [0.2, 0.25) is 0 Å². The van der Waals surface area contributed by atoms with Gasteiger partial charge < -0.3 is 14.5 Å². The van der Waals surface area contributed by atoms with Gasteiger partial charge in [-0.1, -0.05) is 179 Å². The third kappa shape index (κ3) is 5.14. The molecule has 0 radical (unpaired) electrons. The van der Waals surface area contributed by atoms with Crippen molar-refractivity contribution < 1.29 is 4.74 Å². The van der Waals surface area contributed by atoms with Crippen LogP contribution in [0.5, 0.6) is 11.5 Å². The van der Waals surface area contributed by atoms with E-state index in [0.29, 0.717) is 0 Å². The second-order valence-electron chi connectivity index (χ2n) is 20.0. The number of benzene rings is 10. The molecule has 324 valence electrons. The zero-order valence-electron chi connectivity index (χ0n) is 38.6. The Hall–Kier alpha value is -8.14. The molecular weight excluding hydrogens is 825 g/mol. The van der Waals surface area contributed by atoms with Crippen molar-refractivity contribution in [1.82, 2.24) is 0 Å². The lowest BCUT2D eigenvalue weighted by molar-refractivity contribution is 0.477. The monoisotopic (exact) mass is 872 g/mol. The van der Waals surface area contributed by atoms with Crippen LogP contribution in [0.1, 0.15) is 72.2 Å². The van der Waals surface area contributed by atoms with Crippen LogP contribution < -0.4 is 14.5 Å². The molecule has 1 spiro atoms. The Morgan fingerprint density at radius 1 is 0.338 bits per heavy atom. The normalized spacial score (nSPS) is 16.9. The van der Waals surface area contributed by atoms with Crippen LogP contribution in [0, 0.1) is 0 Å². The van der Waals surface area contributed by atoms with Crippen molar-refractivity contribution in [2.75, 3.05) is 9.80 Å². The Kier molecular flexibility index (Phi) is 8.01. The van der Waals surface area contributed by atoms with E-state index in [1.165, 1.54) is 77.5 Å². The second-order valence-corrected chi connectivity index (χ2v) is 20.0. The highest BCUT2D eigenvalue weighted by Gasteiger charge is 2.54. The van der Waals surface area contributed by atoms with E-state index in [1.807, 2.05) is 0 Å². The van der Waals surface area contributed by atoms with E-state index in [2.05, 4.69) is 256 Å². The van der Waals surface area contributed by atoms with Gasteiger partial charge in [-0.25, -0.2) is 0 Å². The number of hydrogen-bond acceptors (Lipinski definition) is 3. The van der Waals surface area contributed by atoms with E-state index >= 15 is 0 Å². The van der Waals surface area contributed by atoms with E-state index < -0.39 is 5.41 Å². The number of para-hydroxylation sites is 4. The summed E-state index contributed by atoms with van der Waals surface area (Å²) in [6, 6.07) is 81.4. The number of ether oxygens (including phenoxy) is 1. The van der Waals surface area contributed by atoms with Crippen molar-refractivity contribution in [2.24, 2.45) is 0 Å². The first-order chi connectivity index (χ1) is 33.2. The predicted octanol–water partition coefficient (Wildman–Crippen LogP) is 17.2. The van der Waals surface area contributed by atoms with Crippen molar-refractivity contribution >= 4 is 44.9 Å². The van der Waals surface area contributed by atoms with Crippen LogP contribution in [0.4, 0.5) is 34.1 Å². The Morgan fingerprint density at radius 3 is 1.60 bits per heavy atom. The van der Waals surface area contributed by atoms with E-state index in [0.717, 1.165) is 45.6 Å². The third-order valence-corrected chi connectivity index (χ3v) is 15.9. The molecule has 4 aliphatic rings. The molecule has 68 heavy (non-hydrogen) atoms. The number of fused-ring (bicyclic) bond motifs is 15. The highest BCUT2D eigenvalue weighted by molar-refractivity contribution is 6.01. The molecule has 0 fully saturated rings. The first-order valence-corrected chi connectivity index (χ1v) is 23.9. The molecule has 3 aliphatic carbocycles. The van der Waals surface area contributed by atoms with Gasteiger partial charge in [0.2, 0.25) is 0 Å². The summed E-state index contributed by atoms with van der Waals surface area (Å²) in [4.78, 5) is 4.93. The minimum Gasteiger partial charge on any atom is -0.453 e. The van der Waals surface area contributed by atoms with Gasteiger partial charge in [0, 0.05) is 33.5 Å². The highest BCUT2D eigenvalue weighted by atomic mass is 16.5. The lowest BCUT2D eigenvalue weighted by Gasteiger charge is -2.47.